The minimum Gasteiger partial charge on any atom is -0.378 e. The summed E-state index contributed by atoms with van der Waals surface area (Å²) in [6, 6.07) is 6.78. The molecule has 0 heterocycles. The Morgan fingerprint density at radius 2 is 1.71 bits per heavy atom. The van der Waals surface area contributed by atoms with Gasteiger partial charge in [-0.15, -0.1) is 0 Å². The Balaban J connectivity index is 2.11. The number of benzene rings is 2. The van der Waals surface area contributed by atoms with Crippen LogP contribution < -0.4 is 11.1 Å². The number of primary amides is 1. The first-order chi connectivity index (χ1) is 13.0. The molecule has 5 nitrogen and oxygen atoms in total. The SMILES string of the molecule is NC(=O)[C@@H](Cc1ccc(Cl)cc1Cl)NC(=O)[C@H](O)c1ccc(C(F)(F)F)cc1. The number of nitrogens with one attached hydrogen (secondary N) is 1. The molecule has 2 aromatic rings. The highest BCUT2D eigenvalue weighted by Gasteiger charge is 2.31. The molecule has 0 aliphatic heterocycles. The Morgan fingerprint density at radius 3 is 2.21 bits per heavy atom. The third-order valence-corrected chi connectivity index (χ3v) is 4.49. The lowest BCUT2D eigenvalue weighted by Gasteiger charge is -2.19. The minimum absolute atomic E-state index is 0.0587. The molecule has 0 saturated heterocycles. The van der Waals surface area contributed by atoms with E-state index in [1.54, 1.807) is 12.1 Å². The van der Waals surface area contributed by atoms with Crippen LogP contribution in [0.3, 0.4) is 0 Å². The van der Waals surface area contributed by atoms with Crippen molar-refractivity contribution in [3.8, 4) is 0 Å². The van der Waals surface area contributed by atoms with Crippen molar-refractivity contribution in [2.75, 3.05) is 0 Å². The lowest BCUT2D eigenvalue weighted by Crippen LogP contribution is -2.47. The summed E-state index contributed by atoms with van der Waals surface area (Å²) in [7, 11) is 0. The van der Waals surface area contributed by atoms with Crippen LogP contribution in [0.2, 0.25) is 10.0 Å². The van der Waals surface area contributed by atoms with Gasteiger partial charge in [0.15, 0.2) is 6.10 Å². The van der Waals surface area contributed by atoms with Gasteiger partial charge in [0.2, 0.25) is 5.91 Å². The molecular weight excluding hydrogens is 420 g/mol. The zero-order valence-electron chi connectivity index (χ0n) is 14.1. The lowest BCUT2D eigenvalue weighted by atomic mass is 10.0. The van der Waals surface area contributed by atoms with Gasteiger partial charge >= 0.3 is 6.18 Å². The van der Waals surface area contributed by atoms with Crippen LogP contribution in [0.5, 0.6) is 0 Å². The number of nitrogens with two attached hydrogens (primary N) is 1. The molecular formula is C18H15Cl2F3N2O3. The molecule has 2 atom stereocenters. The summed E-state index contributed by atoms with van der Waals surface area (Å²) in [5.74, 6) is -1.87. The molecule has 4 N–H and O–H groups in total. The molecule has 0 aliphatic carbocycles. The van der Waals surface area contributed by atoms with E-state index in [0.717, 1.165) is 24.3 Å². The van der Waals surface area contributed by atoms with E-state index in [2.05, 4.69) is 5.32 Å². The van der Waals surface area contributed by atoms with E-state index in [1.165, 1.54) is 6.07 Å². The number of amides is 2. The van der Waals surface area contributed by atoms with Crippen LogP contribution in [0.4, 0.5) is 13.2 Å². The van der Waals surface area contributed by atoms with Crippen LogP contribution in [-0.4, -0.2) is 23.0 Å². The van der Waals surface area contributed by atoms with E-state index in [0.29, 0.717) is 10.6 Å². The van der Waals surface area contributed by atoms with E-state index in [-0.39, 0.29) is 17.0 Å². The quantitative estimate of drug-likeness (QED) is 0.651. The summed E-state index contributed by atoms with van der Waals surface area (Å²) >= 11 is 11.8. The summed E-state index contributed by atoms with van der Waals surface area (Å²) in [5.41, 5.74) is 4.78. The smallest absolute Gasteiger partial charge is 0.378 e. The Bertz CT molecular complexity index is 873. The van der Waals surface area contributed by atoms with E-state index >= 15 is 0 Å². The summed E-state index contributed by atoms with van der Waals surface area (Å²) in [6.07, 6.45) is -6.39. The molecule has 2 rings (SSSR count). The van der Waals surface area contributed by atoms with Gasteiger partial charge in [0, 0.05) is 16.5 Å². The molecule has 0 unspecified atom stereocenters. The summed E-state index contributed by atoms with van der Waals surface area (Å²) in [6.45, 7) is 0. The molecule has 0 saturated carbocycles. The number of halogens is 5. The van der Waals surface area contributed by atoms with Crippen molar-refractivity contribution in [2.24, 2.45) is 5.73 Å². The van der Waals surface area contributed by atoms with E-state index in [4.69, 9.17) is 28.9 Å². The van der Waals surface area contributed by atoms with E-state index in [9.17, 15) is 27.9 Å². The van der Waals surface area contributed by atoms with Gasteiger partial charge in [-0.3, -0.25) is 9.59 Å². The van der Waals surface area contributed by atoms with E-state index in [1.807, 2.05) is 0 Å². The molecule has 10 heteroatoms. The van der Waals surface area contributed by atoms with Crippen LogP contribution in [0.1, 0.15) is 22.8 Å². The highest BCUT2D eigenvalue weighted by molar-refractivity contribution is 6.35. The van der Waals surface area contributed by atoms with Crippen LogP contribution in [0.15, 0.2) is 42.5 Å². The molecule has 28 heavy (non-hydrogen) atoms. The molecule has 150 valence electrons. The monoisotopic (exact) mass is 434 g/mol. The van der Waals surface area contributed by atoms with Crippen molar-refractivity contribution in [1.29, 1.82) is 0 Å². The zero-order valence-corrected chi connectivity index (χ0v) is 15.6. The summed E-state index contributed by atoms with van der Waals surface area (Å²) in [5, 5.41) is 13.0. The van der Waals surface area contributed by atoms with Crippen molar-refractivity contribution in [3.05, 3.63) is 69.2 Å². The number of rotatable bonds is 6. The van der Waals surface area contributed by atoms with Gasteiger partial charge in [0.05, 0.1) is 5.56 Å². The average molecular weight is 435 g/mol. The van der Waals surface area contributed by atoms with Gasteiger partial charge in [0.25, 0.3) is 5.91 Å². The van der Waals surface area contributed by atoms with Gasteiger partial charge < -0.3 is 16.2 Å². The van der Waals surface area contributed by atoms with Gasteiger partial charge in [0.1, 0.15) is 6.04 Å². The fraction of sp³-hybridized carbons (Fsp3) is 0.222. The molecule has 0 fully saturated rings. The molecule has 0 bridgehead atoms. The summed E-state index contributed by atoms with van der Waals surface area (Å²) < 4.78 is 37.8. The van der Waals surface area contributed by atoms with Crippen molar-refractivity contribution in [1.82, 2.24) is 5.32 Å². The first-order valence-corrected chi connectivity index (χ1v) is 8.63. The predicted octanol–water partition coefficient (Wildman–Crippen LogP) is 3.26. The average Bonchev–Trinajstić information content (AvgIpc) is 2.61. The number of carbonyl (C=O) groups excluding carboxylic acids is 2. The third-order valence-electron chi connectivity index (χ3n) is 3.90. The molecule has 0 radical (unpaired) electrons. The number of hydrogen-bond acceptors (Lipinski definition) is 3. The second-order valence-electron chi connectivity index (χ2n) is 5.93. The molecule has 0 aliphatic rings. The van der Waals surface area contributed by atoms with Gasteiger partial charge in [-0.05, 0) is 35.4 Å². The Morgan fingerprint density at radius 1 is 1.11 bits per heavy atom. The van der Waals surface area contributed by atoms with Crippen LogP contribution >= 0.6 is 23.2 Å². The van der Waals surface area contributed by atoms with Crippen LogP contribution in [-0.2, 0) is 22.2 Å². The van der Waals surface area contributed by atoms with Crippen molar-refractivity contribution in [3.63, 3.8) is 0 Å². The number of carbonyl (C=O) groups is 2. The van der Waals surface area contributed by atoms with E-state index < -0.39 is 35.7 Å². The normalized spacial score (nSPS) is 13.6. The van der Waals surface area contributed by atoms with Gasteiger partial charge in [-0.1, -0.05) is 41.4 Å². The molecule has 2 aromatic carbocycles. The highest BCUT2D eigenvalue weighted by Crippen LogP contribution is 2.30. The minimum atomic E-state index is -4.54. The number of hydrogen-bond donors (Lipinski definition) is 3. The number of alkyl halides is 3. The fourth-order valence-corrected chi connectivity index (χ4v) is 2.87. The maximum Gasteiger partial charge on any atom is 0.416 e. The third kappa shape index (κ3) is 5.60. The van der Waals surface area contributed by atoms with Gasteiger partial charge in [-0.25, -0.2) is 0 Å². The Hall–Kier alpha value is -2.29. The first-order valence-electron chi connectivity index (χ1n) is 7.88. The number of aliphatic hydroxyl groups excluding tert-OH is 1. The van der Waals surface area contributed by atoms with Crippen molar-refractivity contribution >= 4 is 35.0 Å². The van der Waals surface area contributed by atoms with Crippen molar-refractivity contribution in [2.45, 2.75) is 24.7 Å². The van der Waals surface area contributed by atoms with Gasteiger partial charge in [-0.2, -0.15) is 13.2 Å². The van der Waals surface area contributed by atoms with Crippen LogP contribution in [0, 0.1) is 0 Å². The largest absolute Gasteiger partial charge is 0.416 e. The Kier molecular flexibility index (Phi) is 6.92. The maximum atomic E-state index is 12.6. The van der Waals surface area contributed by atoms with Crippen LogP contribution in [0.25, 0.3) is 0 Å². The standard InChI is InChI=1S/C18H15Cl2F3N2O3/c19-12-6-3-10(13(20)8-12)7-14(16(24)27)25-17(28)15(26)9-1-4-11(5-2-9)18(21,22)23/h1-6,8,14-15,26H,7H2,(H2,24,27)(H,25,28)/t14-,15-/m1/s1. The molecule has 0 spiro atoms. The zero-order chi connectivity index (χ0) is 21.1. The predicted molar refractivity (Wildman–Crippen MR) is 97.7 cm³/mol. The highest BCUT2D eigenvalue weighted by atomic mass is 35.5. The lowest BCUT2D eigenvalue weighted by molar-refractivity contribution is -0.137. The fourth-order valence-electron chi connectivity index (χ4n) is 2.39. The second-order valence-corrected chi connectivity index (χ2v) is 6.77. The molecule has 2 amide bonds. The Labute approximate surface area is 168 Å². The maximum absolute atomic E-state index is 12.6. The summed E-state index contributed by atoms with van der Waals surface area (Å²) in [4.78, 5) is 23.9. The topological polar surface area (TPSA) is 92.4 Å². The second kappa shape index (κ2) is 8.81. The van der Waals surface area contributed by atoms with Crippen molar-refractivity contribution < 1.29 is 27.9 Å². The molecule has 0 aromatic heterocycles. The number of aliphatic hydroxyl groups is 1. The first kappa shape index (κ1) is 22.0.